The standard InChI is InChI=1S/C22H25N5O3/c28-15-21-19(24-22(29)16-6-2-1-3-7-16)10-9-17(30-21)11-13-27-14-20(25-26-27)18-8-4-5-12-23-18/h1-8,12,14,17,19,21,28H,9-11,13,15H2,(H,24,29)/t17-,19+,21-/m0/s1. The molecule has 8 nitrogen and oxygen atoms in total. The molecule has 1 aliphatic rings. The molecule has 2 N–H and O–H groups in total. The number of pyridine rings is 1. The Labute approximate surface area is 174 Å². The second-order valence-electron chi connectivity index (χ2n) is 7.37. The summed E-state index contributed by atoms with van der Waals surface area (Å²) < 4.78 is 7.84. The number of amides is 1. The largest absolute Gasteiger partial charge is 0.394 e. The van der Waals surface area contributed by atoms with E-state index >= 15 is 0 Å². The fraction of sp³-hybridized carbons (Fsp3) is 0.364. The van der Waals surface area contributed by atoms with Crippen molar-refractivity contribution in [2.45, 2.75) is 44.1 Å². The third kappa shape index (κ3) is 4.90. The van der Waals surface area contributed by atoms with Crippen LogP contribution < -0.4 is 5.32 Å². The van der Waals surface area contributed by atoms with E-state index in [9.17, 15) is 9.90 Å². The maximum atomic E-state index is 12.4. The Morgan fingerprint density at radius 2 is 1.97 bits per heavy atom. The normalized spacial score (nSPS) is 21.3. The lowest BCUT2D eigenvalue weighted by atomic mass is 9.96. The van der Waals surface area contributed by atoms with Gasteiger partial charge < -0.3 is 15.2 Å². The molecule has 1 aromatic carbocycles. The SMILES string of the molecule is O=C(N[C@@H]1CC[C@@H](CCn2cc(-c3ccccn3)nn2)O[C@H]1CO)c1ccccc1. The Balaban J connectivity index is 1.29. The van der Waals surface area contributed by atoms with Crippen LogP contribution in [0.2, 0.25) is 0 Å². The van der Waals surface area contributed by atoms with Gasteiger partial charge in [-0.1, -0.05) is 29.5 Å². The van der Waals surface area contributed by atoms with E-state index in [2.05, 4.69) is 20.6 Å². The van der Waals surface area contributed by atoms with Crippen LogP contribution in [0.25, 0.3) is 11.4 Å². The average molecular weight is 407 g/mol. The molecule has 0 unspecified atom stereocenters. The summed E-state index contributed by atoms with van der Waals surface area (Å²) in [7, 11) is 0. The quantitative estimate of drug-likeness (QED) is 0.622. The summed E-state index contributed by atoms with van der Waals surface area (Å²) in [5.74, 6) is -0.147. The third-order valence-corrected chi connectivity index (χ3v) is 5.29. The van der Waals surface area contributed by atoms with Crippen molar-refractivity contribution in [3.05, 3.63) is 66.5 Å². The van der Waals surface area contributed by atoms with E-state index in [4.69, 9.17) is 4.74 Å². The number of aromatic nitrogens is 4. The van der Waals surface area contributed by atoms with Gasteiger partial charge in [0.25, 0.3) is 5.91 Å². The number of carbonyl (C=O) groups is 1. The lowest BCUT2D eigenvalue weighted by Crippen LogP contribution is -2.51. The number of ether oxygens (including phenoxy) is 1. The van der Waals surface area contributed by atoms with E-state index < -0.39 is 6.10 Å². The van der Waals surface area contributed by atoms with Crippen molar-refractivity contribution in [2.24, 2.45) is 0 Å². The maximum Gasteiger partial charge on any atom is 0.251 e. The summed E-state index contributed by atoms with van der Waals surface area (Å²) in [6, 6.07) is 14.5. The molecule has 0 spiro atoms. The van der Waals surface area contributed by atoms with E-state index in [1.54, 1.807) is 23.0 Å². The summed E-state index contributed by atoms with van der Waals surface area (Å²) in [6.45, 7) is 0.521. The van der Waals surface area contributed by atoms with Crippen LogP contribution in [0.15, 0.2) is 60.9 Å². The topological polar surface area (TPSA) is 102 Å². The number of aliphatic hydroxyl groups excluding tert-OH is 1. The Morgan fingerprint density at radius 3 is 2.73 bits per heavy atom. The van der Waals surface area contributed by atoms with Crippen LogP contribution in [0.4, 0.5) is 0 Å². The van der Waals surface area contributed by atoms with Gasteiger partial charge in [-0.05, 0) is 43.5 Å². The summed E-state index contributed by atoms with van der Waals surface area (Å²) in [5, 5.41) is 21.1. The van der Waals surface area contributed by atoms with Gasteiger partial charge >= 0.3 is 0 Å². The fourth-order valence-electron chi connectivity index (χ4n) is 3.67. The van der Waals surface area contributed by atoms with Crippen LogP contribution in [-0.4, -0.2) is 55.8 Å². The second-order valence-corrected chi connectivity index (χ2v) is 7.37. The van der Waals surface area contributed by atoms with Gasteiger partial charge in [-0.15, -0.1) is 5.10 Å². The van der Waals surface area contributed by atoms with Crippen LogP contribution in [0.3, 0.4) is 0 Å². The van der Waals surface area contributed by atoms with Crippen molar-refractivity contribution in [1.82, 2.24) is 25.3 Å². The zero-order valence-electron chi connectivity index (χ0n) is 16.6. The summed E-state index contributed by atoms with van der Waals surface area (Å²) in [5.41, 5.74) is 2.12. The van der Waals surface area contributed by atoms with Gasteiger partial charge in [-0.25, -0.2) is 0 Å². The van der Waals surface area contributed by atoms with Gasteiger partial charge in [0.15, 0.2) is 0 Å². The molecular weight excluding hydrogens is 382 g/mol. The number of nitrogens with one attached hydrogen (secondary N) is 1. The zero-order valence-corrected chi connectivity index (χ0v) is 16.6. The number of aliphatic hydroxyl groups is 1. The first-order chi connectivity index (χ1) is 14.7. The third-order valence-electron chi connectivity index (χ3n) is 5.29. The van der Waals surface area contributed by atoms with Crippen molar-refractivity contribution in [1.29, 1.82) is 0 Å². The number of nitrogens with zero attached hydrogens (tertiary/aromatic N) is 4. The lowest BCUT2D eigenvalue weighted by molar-refractivity contribution is -0.0912. The first-order valence-electron chi connectivity index (χ1n) is 10.2. The molecule has 0 aliphatic carbocycles. The molecule has 3 atom stereocenters. The van der Waals surface area contributed by atoms with Crippen molar-refractivity contribution >= 4 is 5.91 Å². The average Bonchev–Trinajstić information content (AvgIpc) is 3.28. The predicted molar refractivity (Wildman–Crippen MR) is 111 cm³/mol. The lowest BCUT2D eigenvalue weighted by Gasteiger charge is -2.36. The Morgan fingerprint density at radius 1 is 1.13 bits per heavy atom. The predicted octanol–water partition coefficient (Wildman–Crippen LogP) is 2.07. The molecular formula is C22H25N5O3. The van der Waals surface area contributed by atoms with E-state index in [0.717, 1.165) is 30.7 Å². The minimum atomic E-state index is -0.420. The van der Waals surface area contributed by atoms with Crippen molar-refractivity contribution < 1.29 is 14.6 Å². The molecule has 0 saturated carbocycles. The molecule has 2 aromatic heterocycles. The van der Waals surface area contributed by atoms with Gasteiger partial charge in [-0.3, -0.25) is 14.5 Å². The highest BCUT2D eigenvalue weighted by molar-refractivity contribution is 5.94. The molecule has 156 valence electrons. The molecule has 1 saturated heterocycles. The molecule has 1 fully saturated rings. The van der Waals surface area contributed by atoms with Crippen molar-refractivity contribution in [3.8, 4) is 11.4 Å². The molecule has 4 rings (SSSR count). The van der Waals surface area contributed by atoms with Gasteiger partial charge in [0, 0.05) is 18.3 Å². The van der Waals surface area contributed by atoms with Crippen LogP contribution >= 0.6 is 0 Å². The number of aryl methyl sites for hydroxylation is 1. The van der Waals surface area contributed by atoms with Crippen LogP contribution in [-0.2, 0) is 11.3 Å². The molecule has 3 aromatic rings. The van der Waals surface area contributed by atoms with Gasteiger partial charge in [0.1, 0.15) is 11.8 Å². The minimum Gasteiger partial charge on any atom is -0.394 e. The summed E-state index contributed by atoms with van der Waals surface area (Å²) in [6.07, 6.45) is 5.49. The van der Waals surface area contributed by atoms with E-state index in [0.29, 0.717) is 12.1 Å². The van der Waals surface area contributed by atoms with Crippen LogP contribution in [0, 0.1) is 0 Å². The Hall–Kier alpha value is -3.10. The highest BCUT2D eigenvalue weighted by Crippen LogP contribution is 2.23. The molecule has 0 bridgehead atoms. The van der Waals surface area contributed by atoms with E-state index in [-0.39, 0.29) is 24.7 Å². The molecule has 3 heterocycles. The zero-order chi connectivity index (χ0) is 20.8. The van der Waals surface area contributed by atoms with Gasteiger partial charge in [0.05, 0.1) is 30.6 Å². The number of benzene rings is 1. The van der Waals surface area contributed by atoms with Crippen molar-refractivity contribution in [2.75, 3.05) is 6.61 Å². The maximum absolute atomic E-state index is 12.4. The number of carbonyl (C=O) groups excluding carboxylic acids is 1. The fourth-order valence-corrected chi connectivity index (χ4v) is 3.67. The molecule has 1 aliphatic heterocycles. The number of rotatable bonds is 7. The van der Waals surface area contributed by atoms with Gasteiger partial charge in [0.2, 0.25) is 0 Å². The van der Waals surface area contributed by atoms with Crippen LogP contribution in [0.1, 0.15) is 29.6 Å². The molecule has 30 heavy (non-hydrogen) atoms. The first kappa shape index (κ1) is 20.2. The highest BCUT2D eigenvalue weighted by atomic mass is 16.5. The molecule has 1 amide bonds. The summed E-state index contributed by atoms with van der Waals surface area (Å²) >= 11 is 0. The minimum absolute atomic E-state index is 0.00507. The smallest absolute Gasteiger partial charge is 0.251 e. The van der Waals surface area contributed by atoms with Crippen LogP contribution in [0.5, 0.6) is 0 Å². The Kier molecular flexibility index (Phi) is 6.46. The van der Waals surface area contributed by atoms with Gasteiger partial charge in [-0.2, -0.15) is 0 Å². The second kappa shape index (κ2) is 9.60. The molecule has 8 heteroatoms. The van der Waals surface area contributed by atoms with Crippen molar-refractivity contribution in [3.63, 3.8) is 0 Å². The Bertz CT molecular complexity index is 948. The first-order valence-corrected chi connectivity index (χ1v) is 10.2. The summed E-state index contributed by atoms with van der Waals surface area (Å²) in [4.78, 5) is 16.7. The number of hydrogen-bond donors (Lipinski definition) is 2. The monoisotopic (exact) mass is 407 g/mol. The molecule has 0 radical (unpaired) electrons. The number of hydrogen-bond acceptors (Lipinski definition) is 6. The highest BCUT2D eigenvalue weighted by Gasteiger charge is 2.32. The van der Waals surface area contributed by atoms with E-state index in [1.807, 2.05) is 42.6 Å². The van der Waals surface area contributed by atoms with E-state index in [1.165, 1.54) is 0 Å².